The van der Waals surface area contributed by atoms with Crippen molar-refractivity contribution in [2.24, 2.45) is 5.73 Å². The van der Waals surface area contributed by atoms with Crippen LogP contribution >= 0.6 is 22.6 Å². The van der Waals surface area contributed by atoms with Crippen LogP contribution in [-0.2, 0) is 17.8 Å². The highest BCUT2D eigenvalue weighted by atomic mass is 127. The summed E-state index contributed by atoms with van der Waals surface area (Å²) in [7, 11) is 0. The van der Waals surface area contributed by atoms with E-state index in [4.69, 9.17) is 10.8 Å². The Balaban J connectivity index is 3.32. The van der Waals surface area contributed by atoms with Crippen molar-refractivity contribution in [2.75, 3.05) is 0 Å². The van der Waals surface area contributed by atoms with E-state index in [0.717, 1.165) is 0 Å². The summed E-state index contributed by atoms with van der Waals surface area (Å²) in [4.78, 5) is 14.5. The third-order valence-corrected chi connectivity index (χ3v) is 2.52. The van der Waals surface area contributed by atoms with Crippen molar-refractivity contribution in [2.45, 2.75) is 19.4 Å². The second-order valence-electron chi connectivity index (χ2n) is 3.03. The number of alkyl halides is 2. The Bertz CT molecular complexity index is 413. The molecule has 0 fully saturated rings. The lowest BCUT2D eigenvalue weighted by Crippen LogP contribution is -2.13. The highest BCUT2D eigenvalue weighted by Gasteiger charge is 2.19. The van der Waals surface area contributed by atoms with E-state index in [1.165, 1.54) is 6.07 Å². The molecular formula is C9H9F2IN2O2. The van der Waals surface area contributed by atoms with E-state index >= 15 is 0 Å². The minimum atomic E-state index is -2.73. The molecule has 0 bridgehead atoms. The van der Waals surface area contributed by atoms with Crippen LogP contribution in [0, 0.1) is 3.70 Å². The van der Waals surface area contributed by atoms with Crippen LogP contribution in [0.2, 0.25) is 0 Å². The summed E-state index contributed by atoms with van der Waals surface area (Å²) in [5, 5.41) is 8.65. The summed E-state index contributed by atoms with van der Waals surface area (Å²) < 4.78 is 25.8. The maximum absolute atomic E-state index is 12.7. The lowest BCUT2D eigenvalue weighted by molar-refractivity contribution is -0.136. The molecule has 1 aromatic heterocycles. The Kier molecular flexibility index (Phi) is 4.54. The normalized spacial score (nSPS) is 10.8. The maximum atomic E-state index is 12.7. The van der Waals surface area contributed by atoms with Gasteiger partial charge in [-0.25, -0.2) is 13.8 Å². The summed E-state index contributed by atoms with van der Waals surface area (Å²) >= 11 is 1.79. The molecular weight excluding hydrogens is 333 g/mol. The van der Waals surface area contributed by atoms with Gasteiger partial charge in [0, 0.05) is 12.1 Å². The number of aliphatic carboxylic acids is 1. The summed E-state index contributed by atoms with van der Waals surface area (Å²) in [6.45, 7) is -0.0564. The van der Waals surface area contributed by atoms with Gasteiger partial charge in [-0.2, -0.15) is 0 Å². The fraction of sp³-hybridized carbons (Fsp3) is 0.333. The second-order valence-corrected chi connectivity index (χ2v) is 4.14. The monoisotopic (exact) mass is 342 g/mol. The lowest BCUT2D eigenvalue weighted by Gasteiger charge is -2.11. The van der Waals surface area contributed by atoms with Crippen molar-refractivity contribution in [3.8, 4) is 0 Å². The number of carboxylic acid groups (broad SMARTS) is 1. The van der Waals surface area contributed by atoms with Crippen LogP contribution in [0.1, 0.15) is 23.2 Å². The van der Waals surface area contributed by atoms with Crippen LogP contribution in [-0.4, -0.2) is 16.1 Å². The van der Waals surface area contributed by atoms with Gasteiger partial charge in [0.15, 0.2) is 0 Å². The van der Waals surface area contributed by atoms with E-state index in [1.807, 2.05) is 0 Å². The zero-order valence-electron chi connectivity index (χ0n) is 8.08. The van der Waals surface area contributed by atoms with Gasteiger partial charge in [0.2, 0.25) is 0 Å². The van der Waals surface area contributed by atoms with E-state index in [0.29, 0.717) is 3.70 Å². The number of halogens is 3. The maximum Gasteiger partial charge on any atom is 0.307 e. The quantitative estimate of drug-likeness (QED) is 0.645. The largest absolute Gasteiger partial charge is 0.481 e. The summed E-state index contributed by atoms with van der Waals surface area (Å²) in [6, 6.07) is 1.18. The number of carboxylic acids is 1. The van der Waals surface area contributed by atoms with Crippen molar-refractivity contribution >= 4 is 28.6 Å². The molecule has 3 N–H and O–H groups in total. The number of nitrogens with zero attached hydrogens (tertiary/aromatic N) is 1. The Morgan fingerprint density at radius 3 is 2.69 bits per heavy atom. The molecule has 88 valence electrons. The molecule has 0 spiro atoms. The Labute approximate surface area is 104 Å². The molecule has 1 heterocycles. The SMILES string of the molecule is NCc1nc(I)cc(C(F)F)c1CC(=O)O. The first-order valence-electron chi connectivity index (χ1n) is 4.34. The van der Waals surface area contributed by atoms with E-state index in [-0.39, 0.29) is 23.4 Å². The molecule has 0 atom stereocenters. The summed E-state index contributed by atoms with van der Waals surface area (Å²) in [5.41, 5.74) is 5.29. The van der Waals surface area contributed by atoms with Gasteiger partial charge < -0.3 is 10.8 Å². The van der Waals surface area contributed by atoms with Gasteiger partial charge in [-0.15, -0.1) is 0 Å². The van der Waals surface area contributed by atoms with Crippen molar-refractivity contribution < 1.29 is 18.7 Å². The van der Waals surface area contributed by atoms with Gasteiger partial charge in [0.05, 0.1) is 12.1 Å². The Hall–Kier alpha value is -0.830. The Morgan fingerprint density at radius 1 is 1.62 bits per heavy atom. The molecule has 0 saturated carbocycles. The van der Waals surface area contributed by atoms with Gasteiger partial charge in [-0.3, -0.25) is 4.79 Å². The van der Waals surface area contributed by atoms with E-state index in [2.05, 4.69) is 4.98 Å². The number of rotatable bonds is 4. The molecule has 0 unspecified atom stereocenters. The average molecular weight is 342 g/mol. The highest BCUT2D eigenvalue weighted by Crippen LogP contribution is 2.26. The zero-order chi connectivity index (χ0) is 12.3. The molecule has 0 aliphatic heterocycles. The van der Waals surface area contributed by atoms with Crippen LogP contribution in [0.5, 0.6) is 0 Å². The van der Waals surface area contributed by atoms with Crippen molar-refractivity contribution in [3.63, 3.8) is 0 Å². The smallest absolute Gasteiger partial charge is 0.307 e. The van der Waals surface area contributed by atoms with Gasteiger partial charge in [-0.05, 0) is 34.2 Å². The van der Waals surface area contributed by atoms with Crippen LogP contribution in [0.15, 0.2) is 6.07 Å². The van der Waals surface area contributed by atoms with E-state index in [9.17, 15) is 13.6 Å². The second kappa shape index (κ2) is 5.48. The molecule has 0 aromatic carbocycles. The average Bonchev–Trinajstić information content (AvgIpc) is 2.19. The first-order valence-corrected chi connectivity index (χ1v) is 5.41. The van der Waals surface area contributed by atoms with Crippen LogP contribution in [0.4, 0.5) is 8.78 Å². The van der Waals surface area contributed by atoms with Crippen LogP contribution in [0.25, 0.3) is 0 Å². The first kappa shape index (κ1) is 13.2. The molecule has 0 radical (unpaired) electrons. The third-order valence-electron chi connectivity index (χ3n) is 1.97. The zero-order valence-corrected chi connectivity index (χ0v) is 10.2. The highest BCUT2D eigenvalue weighted by molar-refractivity contribution is 14.1. The standard InChI is InChI=1S/C9H9F2IN2O2/c10-9(11)5-1-7(12)14-6(3-13)4(5)2-8(15)16/h1,9H,2-3,13H2,(H,15,16). The number of pyridine rings is 1. The predicted molar refractivity (Wildman–Crippen MR) is 61.1 cm³/mol. The first-order chi connectivity index (χ1) is 7.45. The molecule has 0 aliphatic rings. The lowest BCUT2D eigenvalue weighted by atomic mass is 10.0. The van der Waals surface area contributed by atoms with Crippen molar-refractivity contribution in [3.05, 3.63) is 26.6 Å². The minimum absolute atomic E-state index is 0.0189. The molecule has 16 heavy (non-hydrogen) atoms. The summed E-state index contributed by atoms with van der Waals surface area (Å²) in [6.07, 6.45) is -3.22. The van der Waals surface area contributed by atoms with Gasteiger partial charge in [0.1, 0.15) is 3.70 Å². The van der Waals surface area contributed by atoms with Crippen LogP contribution in [0.3, 0.4) is 0 Å². The van der Waals surface area contributed by atoms with E-state index in [1.54, 1.807) is 22.6 Å². The number of carbonyl (C=O) groups is 1. The molecule has 7 heteroatoms. The molecule has 1 aromatic rings. The molecule has 0 amide bonds. The number of hydrogen-bond donors (Lipinski definition) is 2. The predicted octanol–water partition coefficient (Wildman–Crippen LogP) is 1.71. The number of aromatic nitrogens is 1. The fourth-order valence-electron chi connectivity index (χ4n) is 1.33. The van der Waals surface area contributed by atoms with Crippen LogP contribution < -0.4 is 5.73 Å². The van der Waals surface area contributed by atoms with Crippen molar-refractivity contribution in [1.29, 1.82) is 0 Å². The number of hydrogen-bond acceptors (Lipinski definition) is 3. The van der Waals surface area contributed by atoms with E-state index < -0.39 is 18.8 Å². The third kappa shape index (κ3) is 3.08. The fourth-order valence-corrected chi connectivity index (χ4v) is 1.96. The molecule has 0 aliphatic carbocycles. The van der Waals surface area contributed by atoms with Gasteiger partial charge in [-0.1, -0.05) is 0 Å². The summed E-state index contributed by atoms with van der Waals surface area (Å²) in [5.74, 6) is -1.18. The van der Waals surface area contributed by atoms with Gasteiger partial charge in [0.25, 0.3) is 6.43 Å². The minimum Gasteiger partial charge on any atom is -0.481 e. The van der Waals surface area contributed by atoms with Gasteiger partial charge >= 0.3 is 5.97 Å². The number of nitrogens with two attached hydrogens (primary N) is 1. The topological polar surface area (TPSA) is 76.2 Å². The Morgan fingerprint density at radius 2 is 2.25 bits per heavy atom. The molecule has 0 saturated heterocycles. The molecule has 1 rings (SSSR count). The van der Waals surface area contributed by atoms with Crippen molar-refractivity contribution in [1.82, 2.24) is 4.98 Å². The molecule has 4 nitrogen and oxygen atoms in total.